The molecule has 1 aromatic carbocycles. The number of urea groups is 1. The molecule has 22 heavy (non-hydrogen) atoms. The smallest absolute Gasteiger partial charge is 0.317 e. The van der Waals surface area contributed by atoms with E-state index in [-0.39, 0.29) is 30.4 Å². The van der Waals surface area contributed by atoms with Crippen LogP contribution in [-0.4, -0.2) is 55.5 Å². The fourth-order valence-corrected chi connectivity index (χ4v) is 2.13. The Morgan fingerprint density at radius 2 is 1.68 bits per heavy atom. The molecule has 0 radical (unpaired) electrons. The van der Waals surface area contributed by atoms with Crippen LogP contribution in [0.1, 0.15) is 25.3 Å². The van der Waals surface area contributed by atoms with Crippen molar-refractivity contribution in [3.05, 3.63) is 34.9 Å². The van der Waals surface area contributed by atoms with Crippen molar-refractivity contribution in [3.8, 4) is 0 Å². The SMILES string of the molecule is C[C@H](c1ccc(Cl)cc1)[C@@H](C)N(C)C(=O)NCC(=O)N(C)C. The number of amides is 3. The first-order valence-corrected chi connectivity index (χ1v) is 7.58. The molecule has 2 atom stereocenters. The number of benzene rings is 1. The molecule has 5 nitrogen and oxygen atoms in total. The summed E-state index contributed by atoms with van der Waals surface area (Å²) in [4.78, 5) is 26.7. The van der Waals surface area contributed by atoms with Crippen LogP contribution in [0.15, 0.2) is 24.3 Å². The molecule has 122 valence electrons. The lowest BCUT2D eigenvalue weighted by Gasteiger charge is -2.30. The van der Waals surface area contributed by atoms with Crippen molar-refractivity contribution in [3.63, 3.8) is 0 Å². The van der Waals surface area contributed by atoms with Crippen LogP contribution in [0.5, 0.6) is 0 Å². The second-order valence-electron chi connectivity index (χ2n) is 5.64. The lowest BCUT2D eigenvalue weighted by atomic mass is 9.94. The zero-order chi connectivity index (χ0) is 16.9. The van der Waals surface area contributed by atoms with Crippen LogP contribution >= 0.6 is 11.6 Å². The van der Waals surface area contributed by atoms with Crippen molar-refractivity contribution in [2.75, 3.05) is 27.7 Å². The van der Waals surface area contributed by atoms with Crippen LogP contribution in [0.2, 0.25) is 5.02 Å². The van der Waals surface area contributed by atoms with Gasteiger partial charge in [-0.15, -0.1) is 0 Å². The molecule has 0 aliphatic rings. The molecule has 0 heterocycles. The van der Waals surface area contributed by atoms with Gasteiger partial charge in [0.05, 0.1) is 6.54 Å². The molecule has 0 spiro atoms. The van der Waals surface area contributed by atoms with Gasteiger partial charge in [0, 0.05) is 38.1 Å². The number of hydrogen-bond donors (Lipinski definition) is 1. The summed E-state index contributed by atoms with van der Waals surface area (Å²) in [6.45, 7) is 4.04. The Kier molecular flexibility index (Phi) is 6.68. The van der Waals surface area contributed by atoms with E-state index in [2.05, 4.69) is 12.2 Å². The summed E-state index contributed by atoms with van der Waals surface area (Å²) >= 11 is 5.89. The van der Waals surface area contributed by atoms with Gasteiger partial charge in [-0.1, -0.05) is 30.7 Å². The third-order valence-corrected chi connectivity index (χ3v) is 4.19. The number of nitrogens with one attached hydrogen (secondary N) is 1. The lowest BCUT2D eigenvalue weighted by molar-refractivity contribution is -0.127. The van der Waals surface area contributed by atoms with E-state index in [1.54, 1.807) is 26.0 Å². The molecule has 0 unspecified atom stereocenters. The van der Waals surface area contributed by atoms with E-state index in [0.717, 1.165) is 5.56 Å². The summed E-state index contributed by atoms with van der Waals surface area (Å²) in [6.07, 6.45) is 0. The summed E-state index contributed by atoms with van der Waals surface area (Å²) < 4.78 is 0. The van der Waals surface area contributed by atoms with E-state index in [9.17, 15) is 9.59 Å². The third-order valence-electron chi connectivity index (χ3n) is 3.94. The molecule has 0 bridgehead atoms. The average Bonchev–Trinajstić information content (AvgIpc) is 2.50. The van der Waals surface area contributed by atoms with Crippen molar-refractivity contribution in [1.82, 2.24) is 15.1 Å². The Bertz CT molecular complexity index is 517. The number of rotatable bonds is 5. The predicted molar refractivity (Wildman–Crippen MR) is 89.2 cm³/mol. The van der Waals surface area contributed by atoms with Gasteiger partial charge in [-0.3, -0.25) is 4.79 Å². The molecular formula is C16H24ClN3O2. The number of nitrogens with zero attached hydrogens (tertiary/aromatic N) is 2. The second-order valence-corrected chi connectivity index (χ2v) is 6.08. The Morgan fingerprint density at radius 3 is 2.18 bits per heavy atom. The van der Waals surface area contributed by atoms with Crippen molar-refractivity contribution >= 4 is 23.5 Å². The van der Waals surface area contributed by atoms with Gasteiger partial charge in [-0.25, -0.2) is 4.79 Å². The van der Waals surface area contributed by atoms with E-state index in [1.165, 1.54) is 4.90 Å². The molecule has 3 amide bonds. The third kappa shape index (κ3) is 4.91. The standard InChI is InChI=1S/C16H24ClN3O2/c1-11(13-6-8-14(17)9-7-13)12(2)20(5)16(22)18-10-15(21)19(3)4/h6-9,11-12H,10H2,1-5H3,(H,18,22)/t11-,12+/m0/s1. The second kappa shape index (κ2) is 8.03. The molecule has 1 aromatic rings. The monoisotopic (exact) mass is 325 g/mol. The Labute approximate surface area is 137 Å². The Hall–Kier alpha value is -1.75. The van der Waals surface area contributed by atoms with Crippen LogP contribution in [-0.2, 0) is 4.79 Å². The largest absolute Gasteiger partial charge is 0.347 e. The zero-order valence-electron chi connectivity index (χ0n) is 13.8. The van der Waals surface area contributed by atoms with E-state index in [0.29, 0.717) is 5.02 Å². The van der Waals surface area contributed by atoms with Crippen molar-refractivity contribution < 1.29 is 9.59 Å². The Balaban J connectivity index is 2.63. The molecule has 0 saturated carbocycles. The molecule has 0 fully saturated rings. The summed E-state index contributed by atoms with van der Waals surface area (Å²) in [5.74, 6) is 0.0118. The maximum absolute atomic E-state index is 12.1. The summed E-state index contributed by atoms with van der Waals surface area (Å²) in [5, 5.41) is 3.33. The highest BCUT2D eigenvalue weighted by Crippen LogP contribution is 2.23. The zero-order valence-corrected chi connectivity index (χ0v) is 14.5. The molecule has 0 aliphatic carbocycles. The van der Waals surface area contributed by atoms with E-state index in [1.807, 2.05) is 31.2 Å². The van der Waals surface area contributed by atoms with Gasteiger partial charge in [0.15, 0.2) is 0 Å². The fourth-order valence-electron chi connectivity index (χ4n) is 2.00. The van der Waals surface area contributed by atoms with Crippen LogP contribution < -0.4 is 5.32 Å². The average molecular weight is 326 g/mol. The number of hydrogen-bond acceptors (Lipinski definition) is 2. The topological polar surface area (TPSA) is 52.7 Å². The van der Waals surface area contributed by atoms with Crippen LogP contribution in [0.25, 0.3) is 0 Å². The van der Waals surface area contributed by atoms with Gasteiger partial charge in [-0.2, -0.15) is 0 Å². The highest BCUT2D eigenvalue weighted by molar-refractivity contribution is 6.30. The normalized spacial score (nSPS) is 13.2. The predicted octanol–water partition coefficient (Wildman–Crippen LogP) is 2.56. The van der Waals surface area contributed by atoms with Crippen molar-refractivity contribution in [1.29, 1.82) is 0 Å². The van der Waals surface area contributed by atoms with Gasteiger partial charge in [0.1, 0.15) is 0 Å². The highest BCUT2D eigenvalue weighted by atomic mass is 35.5. The van der Waals surface area contributed by atoms with Crippen LogP contribution in [0, 0.1) is 0 Å². The summed E-state index contributed by atoms with van der Waals surface area (Å²) in [6, 6.07) is 7.33. The lowest BCUT2D eigenvalue weighted by Crippen LogP contribution is -2.47. The van der Waals surface area contributed by atoms with Gasteiger partial charge < -0.3 is 15.1 Å². The quantitative estimate of drug-likeness (QED) is 0.904. The first kappa shape index (κ1) is 18.3. The maximum atomic E-state index is 12.1. The highest BCUT2D eigenvalue weighted by Gasteiger charge is 2.22. The van der Waals surface area contributed by atoms with E-state index >= 15 is 0 Å². The fraction of sp³-hybridized carbons (Fsp3) is 0.500. The van der Waals surface area contributed by atoms with E-state index in [4.69, 9.17) is 11.6 Å². The maximum Gasteiger partial charge on any atom is 0.317 e. The minimum absolute atomic E-state index is 0.00177. The molecule has 0 saturated heterocycles. The number of halogens is 1. The number of carbonyl (C=O) groups is 2. The first-order valence-electron chi connectivity index (χ1n) is 7.20. The first-order chi connectivity index (χ1) is 10.2. The van der Waals surface area contributed by atoms with Crippen molar-refractivity contribution in [2.45, 2.75) is 25.8 Å². The molecule has 0 aliphatic heterocycles. The number of carbonyl (C=O) groups excluding carboxylic acids is 2. The molecule has 0 aromatic heterocycles. The molecule has 6 heteroatoms. The van der Waals surface area contributed by atoms with Crippen LogP contribution in [0.4, 0.5) is 4.79 Å². The summed E-state index contributed by atoms with van der Waals surface area (Å²) in [7, 11) is 5.04. The Morgan fingerprint density at radius 1 is 1.14 bits per heavy atom. The minimum atomic E-state index is -0.261. The summed E-state index contributed by atoms with van der Waals surface area (Å²) in [5.41, 5.74) is 1.11. The van der Waals surface area contributed by atoms with Gasteiger partial charge in [0.2, 0.25) is 5.91 Å². The van der Waals surface area contributed by atoms with Gasteiger partial charge in [0.25, 0.3) is 0 Å². The minimum Gasteiger partial charge on any atom is -0.347 e. The van der Waals surface area contributed by atoms with E-state index < -0.39 is 0 Å². The molecular weight excluding hydrogens is 302 g/mol. The molecule has 1 N–H and O–H groups in total. The molecule has 1 rings (SSSR count). The van der Waals surface area contributed by atoms with Gasteiger partial charge >= 0.3 is 6.03 Å². The van der Waals surface area contributed by atoms with Gasteiger partial charge in [-0.05, 0) is 24.6 Å². The number of likely N-dealkylation sites (N-methyl/N-ethyl adjacent to an activating group) is 2. The van der Waals surface area contributed by atoms with Crippen LogP contribution in [0.3, 0.4) is 0 Å². The van der Waals surface area contributed by atoms with Crippen molar-refractivity contribution in [2.24, 2.45) is 0 Å².